The molecule has 0 bridgehead atoms. The van der Waals surface area contributed by atoms with E-state index in [0.717, 1.165) is 53.5 Å². The molecule has 1 heterocycles. The summed E-state index contributed by atoms with van der Waals surface area (Å²) in [6, 6.07) is 22.5. The summed E-state index contributed by atoms with van der Waals surface area (Å²) in [7, 11) is 0. The number of amides is 2. The summed E-state index contributed by atoms with van der Waals surface area (Å²) in [6.45, 7) is 0. The molecule has 2 amide bonds. The van der Waals surface area contributed by atoms with Gasteiger partial charge in [-0.3, -0.25) is 9.59 Å². The predicted molar refractivity (Wildman–Crippen MR) is 143 cm³/mol. The Labute approximate surface area is 209 Å². The van der Waals surface area contributed by atoms with Crippen molar-refractivity contribution in [1.29, 1.82) is 0 Å². The molecule has 1 aliphatic carbocycles. The van der Waals surface area contributed by atoms with Crippen molar-refractivity contribution in [2.24, 2.45) is 5.92 Å². The van der Waals surface area contributed by atoms with Crippen molar-refractivity contribution < 1.29 is 9.59 Å². The first-order valence-corrected chi connectivity index (χ1v) is 12.5. The van der Waals surface area contributed by atoms with Crippen molar-refractivity contribution in [1.82, 2.24) is 4.98 Å². The Morgan fingerprint density at radius 3 is 2.17 bits per heavy atom. The van der Waals surface area contributed by atoms with E-state index in [2.05, 4.69) is 21.7 Å². The quantitative estimate of drug-likeness (QED) is 0.254. The molecule has 1 saturated carbocycles. The predicted octanol–water partition coefficient (Wildman–Crippen LogP) is 7.65. The second kappa shape index (κ2) is 10.4. The Morgan fingerprint density at radius 2 is 1.46 bits per heavy atom. The van der Waals surface area contributed by atoms with Gasteiger partial charge in [0.05, 0.1) is 0 Å². The number of aromatic amines is 1. The van der Waals surface area contributed by atoms with E-state index in [1.54, 1.807) is 24.3 Å². The molecule has 0 radical (unpaired) electrons. The Bertz CT molecular complexity index is 1330. The van der Waals surface area contributed by atoms with Gasteiger partial charge >= 0.3 is 0 Å². The fourth-order valence-corrected chi connectivity index (χ4v) is 4.82. The molecule has 5 nitrogen and oxygen atoms in total. The minimum atomic E-state index is -0.182. The van der Waals surface area contributed by atoms with Gasteiger partial charge in [0.1, 0.15) is 0 Å². The Kier molecular flexibility index (Phi) is 6.87. The number of H-pyrrole nitrogens is 1. The molecule has 4 aromatic rings. The average molecular weight is 486 g/mol. The van der Waals surface area contributed by atoms with Crippen LogP contribution in [0.3, 0.4) is 0 Å². The van der Waals surface area contributed by atoms with Crippen LogP contribution in [0.1, 0.15) is 48.9 Å². The molecular weight excluding hydrogens is 458 g/mol. The molecule has 1 fully saturated rings. The Morgan fingerprint density at radius 1 is 0.771 bits per heavy atom. The van der Waals surface area contributed by atoms with Crippen LogP contribution in [0.2, 0.25) is 5.02 Å². The van der Waals surface area contributed by atoms with Crippen molar-refractivity contribution in [2.45, 2.75) is 38.5 Å². The van der Waals surface area contributed by atoms with Crippen LogP contribution in [0.4, 0.5) is 11.4 Å². The van der Waals surface area contributed by atoms with Gasteiger partial charge in [-0.2, -0.15) is 0 Å². The van der Waals surface area contributed by atoms with Gasteiger partial charge in [0.15, 0.2) is 0 Å². The summed E-state index contributed by atoms with van der Waals surface area (Å²) in [5.74, 6) is 0.0744. The molecule has 5 rings (SSSR count). The molecule has 0 aliphatic heterocycles. The molecule has 6 heteroatoms. The highest BCUT2D eigenvalue weighted by molar-refractivity contribution is 6.30. The van der Waals surface area contributed by atoms with Crippen molar-refractivity contribution >= 4 is 45.7 Å². The van der Waals surface area contributed by atoms with Gasteiger partial charge in [0.2, 0.25) is 5.91 Å². The number of rotatable bonds is 5. The third-order valence-electron chi connectivity index (χ3n) is 6.67. The van der Waals surface area contributed by atoms with E-state index in [4.69, 9.17) is 11.6 Å². The summed E-state index contributed by atoms with van der Waals surface area (Å²) in [5, 5.41) is 7.67. The van der Waals surface area contributed by atoms with Gasteiger partial charge in [0.25, 0.3) is 5.91 Å². The van der Waals surface area contributed by atoms with Crippen LogP contribution >= 0.6 is 11.6 Å². The standard InChI is InChI=1S/C29H28ClN3O2/c30-23-11-7-21(8-12-23)29(35)31-24-13-9-19(10-14-24)27-18-22-17-25(15-16-26(22)33-27)32-28(34)20-5-3-1-2-4-6-20/h7-18,20,33H,1-6H2,(H,31,35)(H,32,34). The molecule has 0 spiro atoms. The first-order chi connectivity index (χ1) is 17.0. The lowest BCUT2D eigenvalue weighted by molar-refractivity contribution is -0.120. The van der Waals surface area contributed by atoms with Crippen LogP contribution in [0.15, 0.2) is 72.8 Å². The number of nitrogens with one attached hydrogen (secondary N) is 3. The summed E-state index contributed by atoms with van der Waals surface area (Å²) in [6.07, 6.45) is 6.72. The number of fused-ring (bicyclic) bond motifs is 1. The highest BCUT2D eigenvalue weighted by Gasteiger charge is 2.20. The fourth-order valence-electron chi connectivity index (χ4n) is 4.69. The smallest absolute Gasteiger partial charge is 0.255 e. The number of aromatic nitrogens is 1. The molecule has 1 aliphatic rings. The second-order valence-corrected chi connectivity index (χ2v) is 9.64. The van der Waals surface area contributed by atoms with E-state index in [1.165, 1.54) is 12.8 Å². The van der Waals surface area contributed by atoms with E-state index in [-0.39, 0.29) is 17.7 Å². The fraction of sp³-hybridized carbons (Fsp3) is 0.241. The number of anilines is 2. The van der Waals surface area contributed by atoms with Crippen molar-refractivity contribution in [3.05, 3.63) is 83.4 Å². The third kappa shape index (κ3) is 5.57. The first kappa shape index (κ1) is 23.2. The maximum absolute atomic E-state index is 12.7. The molecule has 1 aromatic heterocycles. The highest BCUT2D eigenvalue weighted by Crippen LogP contribution is 2.29. The van der Waals surface area contributed by atoms with Crippen LogP contribution in [-0.2, 0) is 4.79 Å². The third-order valence-corrected chi connectivity index (χ3v) is 6.93. The zero-order valence-corrected chi connectivity index (χ0v) is 20.2. The normalized spacial score (nSPS) is 14.4. The number of carbonyl (C=O) groups is 2. The van der Waals surface area contributed by atoms with Gasteiger partial charge in [-0.15, -0.1) is 0 Å². The number of halogens is 1. The summed E-state index contributed by atoms with van der Waals surface area (Å²) in [4.78, 5) is 28.6. The van der Waals surface area contributed by atoms with Gasteiger partial charge in [0, 0.05) is 44.5 Å². The lowest BCUT2D eigenvalue weighted by atomic mass is 9.99. The van der Waals surface area contributed by atoms with Crippen molar-refractivity contribution in [2.75, 3.05) is 10.6 Å². The van der Waals surface area contributed by atoms with Crippen LogP contribution < -0.4 is 10.6 Å². The number of hydrogen-bond acceptors (Lipinski definition) is 2. The van der Waals surface area contributed by atoms with Gasteiger partial charge in [-0.25, -0.2) is 0 Å². The molecule has 0 unspecified atom stereocenters. The Balaban J connectivity index is 1.27. The first-order valence-electron chi connectivity index (χ1n) is 12.2. The molecule has 0 atom stereocenters. The molecule has 0 saturated heterocycles. The minimum absolute atomic E-state index is 0.119. The van der Waals surface area contributed by atoms with Gasteiger partial charge in [-0.05, 0) is 79.1 Å². The van der Waals surface area contributed by atoms with E-state index in [0.29, 0.717) is 16.3 Å². The van der Waals surface area contributed by atoms with E-state index >= 15 is 0 Å². The lowest BCUT2D eigenvalue weighted by Gasteiger charge is -2.14. The molecule has 3 N–H and O–H groups in total. The lowest BCUT2D eigenvalue weighted by Crippen LogP contribution is -2.22. The molecule has 35 heavy (non-hydrogen) atoms. The average Bonchev–Trinajstić information content (AvgIpc) is 3.09. The maximum Gasteiger partial charge on any atom is 0.255 e. The Hall–Kier alpha value is -3.57. The molecule has 3 aromatic carbocycles. The zero-order chi connectivity index (χ0) is 24.2. The molecule has 178 valence electrons. The van der Waals surface area contributed by atoms with Crippen LogP contribution in [0.25, 0.3) is 22.2 Å². The number of carbonyl (C=O) groups excluding carboxylic acids is 2. The van der Waals surface area contributed by atoms with Gasteiger partial charge in [-0.1, -0.05) is 49.4 Å². The van der Waals surface area contributed by atoms with Crippen LogP contribution in [0, 0.1) is 5.92 Å². The number of hydrogen-bond donors (Lipinski definition) is 3. The van der Waals surface area contributed by atoms with E-state index in [9.17, 15) is 9.59 Å². The summed E-state index contributed by atoms with van der Waals surface area (Å²) < 4.78 is 0. The van der Waals surface area contributed by atoms with Crippen molar-refractivity contribution in [3.8, 4) is 11.3 Å². The minimum Gasteiger partial charge on any atom is -0.355 e. The van der Waals surface area contributed by atoms with Crippen LogP contribution in [0.5, 0.6) is 0 Å². The SMILES string of the molecule is O=C(Nc1ccc(-c2cc3cc(NC(=O)C4CCCCCC4)ccc3[nH]2)cc1)c1ccc(Cl)cc1. The van der Waals surface area contributed by atoms with E-state index in [1.807, 2.05) is 42.5 Å². The highest BCUT2D eigenvalue weighted by atomic mass is 35.5. The zero-order valence-electron chi connectivity index (χ0n) is 19.4. The van der Waals surface area contributed by atoms with E-state index < -0.39 is 0 Å². The monoisotopic (exact) mass is 485 g/mol. The van der Waals surface area contributed by atoms with Crippen LogP contribution in [-0.4, -0.2) is 16.8 Å². The molecular formula is C29H28ClN3O2. The largest absolute Gasteiger partial charge is 0.355 e. The summed E-state index contributed by atoms with van der Waals surface area (Å²) >= 11 is 5.90. The topological polar surface area (TPSA) is 74.0 Å². The number of benzene rings is 3. The second-order valence-electron chi connectivity index (χ2n) is 9.20. The van der Waals surface area contributed by atoms with Crippen molar-refractivity contribution in [3.63, 3.8) is 0 Å². The summed E-state index contributed by atoms with van der Waals surface area (Å²) in [5.41, 5.74) is 5.09. The van der Waals surface area contributed by atoms with Gasteiger partial charge < -0.3 is 15.6 Å². The maximum atomic E-state index is 12.7.